The van der Waals surface area contributed by atoms with E-state index in [4.69, 9.17) is 4.74 Å². The number of aromatic nitrogens is 5. The summed E-state index contributed by atoms with van der Waals surface area (Å²) in [5, 5.41) is 17.6. The standard InChI is InChI=1S/C21H25N7O/c1-2-5-17(6-3-1)18-7-8-19(23-22-18)27-10-4-9-26(11-12-27)15-20-24-25-21-16-29-14-13-28(20)21/h1-3,5-8H,4,9-16H2. The van der Waals surface area contributed by atoms with Crippen LogP contribution >= 0.6 is 0 Å². The molecule has 2 aromatic heterocycles. The van der Waals surface area contributed by atoms with Crippen LogP contribution in [-0.4, -0.2) is 62.6 Å². The zero-order valence-corrected chi connectivity index (χ0v) is 16.4. The lowest BCUT2D eigenvalue weighted by Gasteiger charge is -2.23. The van der Waals surface area contributed by atoms with Crippen LogP contribution < -0.4 is 4.90 Å². The molecule has 0 unspecified atom stereocenters. The maximum Gasteiger partial charge on any atom is 0.159 e. The fraction of sp³-hybridized carbons (Fsp3) is 0.429. The number of ether oxygens (including phenoxy) is 1. The molecule has 5 rings (SSSR count). The van der Waals surface area contributed by atoms with Gasteiger partial charge in [0, 0.05) is 38.3 Å². The summed E-state index contributed by atoms with van der Waals surface area (Å²) < 4.78 is 7.67. The van der Waals surface area contributed by atoms with Gasteiger partial charge < -0.3 is 14.2 Å². The summed E-state index contributed by atoms with van der Waals surface area (Å²) in [6, 6.07) is 14.3. The molecule has 0 amide bonds. The monoisotopic (exact) mass is 391 g/mol. The van der Waals surface area contributed by atoms with Gasteiger partial charge in [0.15, 0.2) is 11.6 Å². The molecule has 0 spiro atoms. The molecule has 1 aromatic carbocycles. The SMILES string of the molecule is c1ccc(-c2ccc(N3CCCN(Cc4nnc5n4CCOC5)CC3)nn2)cc1. The van der Waals surface area contributed by atoms with Crippen molar-refractivity contribution >= 4 is 5.82 Å². The van der Waals surface area contributed by atoms with E-state index >= 15 is 0 Å². The molecule has 150 valence electrons. The number of fused-ring (bicyclic) bond motifs is 1. The maximum absolute atomic E-state index is 5.46. The highest BCUT2D eigenvalue weighted by Gasteiger charge is 2.21. The molecule has 2 aliphatic rings. The lowest BCUT2D eigenvalue weighted by atomic mass is 10.1. The highest BCUT2D eigenvalue weighted by atomic mass is 16.5. The van der Waals surface area contributed by atoms with Crippen LogP contribution in [0, 0.1) is 0 Å². The second kappa shape index (κ2) is 8.26. The van der Waals surface area contributed by atoms with E-state index in [2.05, 4.69) is 59.0 Å². The van der Waals surface area contributed by atoms with Crippen molar-refractivity contribution in [2.45, 2.75) is 26.1 Å². The summed E-state index contributed by atoms with van der Waals surface area (Å²) >= 11 is 0. The minimum absolute atomic E-state index is 0.568. The van der Waals surface area contributed by atoms with Crippen molar-refractivity contribution < 1.29 is 4.74 Å². The topological polar surface area (TPSA) is 72.2 Å². The van der Waals surface area contributed by atoms with E-state index in [1.807, 2.05) is 18.2 Å². The van der Waals surface area contributed by atoms with Gasteiger partial charge in [0.05, 0.1) is 18.8 Å². The summed E-state index contributed by atoms with van der Waals surface area (Å²) in [6.07, 6.45) is 1.09. The zero-order chi connectivity index (χ0) is 19.5. The Morgan fingerprint density at radius 1 is 0.828 bits per heavy atom. The Labute approximate surface area is 170 Å². The molecule has 2 aliphatic heterocycles. The number of rotatable bonds is 4. The van der Waals surface area contributed by atoms with Gasteiger partial charge in [-0.3, -0.25) is 4.90 Å². The normalized spacial score (nSPS) is 17.7. The van der Waals surface area contributed by atoms with E-state index in [0.717, 1.165) is 81.0 Å². The molecule has 3 aromatic rings. The molecule has 0 saturated carbocycles. The summed E-state index contributed by atoms with van der Waals surface area (Å²) in [7, 11) is 0. The average Bonchev–Trinajstić information content (AvgIpc) is 3.04. The molecule has 0 bridgehead atoms. The third-order valence-corrected chi connectivity index (χ3v) is 5.59. The number of anilines is 1. The van der Waals surface area contributed by atoms with Crippen LogP contribution in [0.25, 0.3) is 11.3 Å². The summed E-state index contributed by atoms with van der Waals surface area (Å²) in [6.45, 7) is 6.93. The van der Waals surface area contributed by atoms with Gasteiger partial charge in [-0.1, -0.05) is 30.3 Å². The predicted octanol–water partition coefficient (Wildman–Crippen LogP) is 1.98. The van der Waals surface area contributed by atoms with Crippen LogP contribution in [0.1, 0.15) is 18.1 Å². The summed E-state index contributed by atoms with van der Waals surface area (Å²) in [5.41, 5.74) is 2.00. The van der Waals surface area contributed by atoms with Gasteiger partial charge in [-0.2, -0.15) is 0 Å². The van der Waals surface area contributed by atoms with E-state index in [1.165, 1.54) is 0 Å². The Bertz CT molecular complexity index is 941. The van der Waals surface area contributed by atoms with Crippen LogP contribution in [0.5, 0.6) is 0 Å². The molecule has 8 heteroatoms. The van der Waals surface area contributed by atoms with Crippen molar-refractivity contribution in [2.24, 2.45) is 0 Å². The van der Waals surface area contributed by atoms with Crippen LogP contribution in [0.2, 0.25) is 0 Å². The van der Waals surface area contributed by atoms with Gasteiger partial charge in [-0.15, -0.1) is 20.4 Å². The number of hydrogen-bond donors (Lipinski definition) is 0. The zero-order valence-electron chi connectivity index (χ0n) is 16.4. The Balaban J connectivity index is 1.23. The third-order valence-electron chi connectivity index (χ3n) is 5.59. The minimum Gasteiger partial charge on any atom is -0.372 e. The smallest absolute Gasteiger partial charge is 0.159 e. The van der Waals surface area contributed by atoms with Gasteiger partial charge >= 0.3 is 0 Å². The molecule has 0 N–H and O–H groups in total. The van der Waals surface area contributed by atoms with E-state index in [-0.39, 0.29) is 0 Å². The molecular formula is C21H25N7O. The first kappa shape index (κ1) is 18.2. The van der Waals surface area contributed by atoms with Crippen molar-refractivity contribution in [3.05, 3.63) is 54.1 Å². The average molecular weight is 391 g/mol. The fourth-order valence-corrected chi connectivity index (χ4v) is 3.99. The number of benzene rings is 1. The molecule has 8 nitrogen and oxygen atoms in total. The van der Waals surface area contributed by atoms with Gasteiger partial charge in [-0.05, 0) is 18.6 Å². The number of nitrogens with zero attached hydrogens (tertiary/aromatic N) is 7. The van der Waals surface area contributed by atoms with E-state index in [1.54, 1.807) is 0 Å². The molecule has 0 atom stereocenters. The van der Waals surface area contributed by atoms with Crippen molar-refractivity contribution in [1.29, 1.82) is 0 Å². The van der Waals surface area contributed by atoms with Crippen LogP contribution in [0.15, 0.2) is 42.5 Å². The molecule has 0 radical (unpaired) electrons. The first-order chi connectivity index (χ1) is 14.4. The first-order valence-corrected chi connectivity index (χ1v) is 10.2. The Hall–Kier alpha value is -2.84. The van der Waals surface area contributed by atoms with E-state index in [0.29, 0.717) is 6.61 Å². The summed E-state index contributed by atoms with van der Waals surface area (Å²) in [4.78, 5) is 4.79. The van der Waals surface area contributed by atoms with Gasteiger partial charge in [0.25, 0.3) is 0 Å². The maximum atomic E-state index is 5.46. The second-order valence-corrected chi connectivity index (χ2v) is 7.50. The van der Waals surface area contributed by atoms with E-state index in [9.17, 15) is 0 Å². The van der Waals surface area contributed by atoms with Crippen LogP contribution in [0.3, 0.4) is 0 Å². The van der Waals surface area contributed by atoms with Gasteiger partial charge in [0.1, 0.15) is 12.4 Å². The highest BCUT2D eigenvalue weighted by Crippen LogP contribution is 2.20. The number of hydrogen-bond acceptors (Lipinski definition) is 7. The second-order valence-electron chi connectivity index (χ2n) is 7.50. The van der Waals surface area contributed by atoms with Crippen LogP contribution in [0.4, 0.5) is 5.82 Å². The van der Waals surface area contributed by atoms with Crippen molar-refractivity contribution in [2.75, 3.05) is 37.7 Å². The quantitative estimate of drug-likeness (QED) is 0.673. The lowest BCUT2D eigenvalue weighted by Crippen LogP contribution is -2.32. The molecule has 29 heavy (non-hydrogen) atoms. The molecule has 4 heterocycles. The fourth-order valence-electron chi connectivity index (χ4n) is 3.99. The van der Waals surface area contributed by atoms with Crippen LogP contribution in [-0.2, 0) is 24.4 Å². The van der Waals surface area contributed by atoms with Crippen molar-refractivity contribution in [3.8, 4) is 11.3 Å². The molecular weight excluding hydrogens is 366 g/mol. The minimum atomic E-state index is 0.568. The highest BCUT2D eigenvalue weighted by molar-refractivity contribution is 5.59. The summed E-state index contributed by atoms with van der Waals surface area (Å²) in [5.74, 6) is 2.93. The predicted molar refractivity (Wildman–Crippen MR) is 109 cm³/mol. The lowest BCUT2D eigenvalue weighted by molar-refractivity contribution is 0.0796. The Morgan fingerprint density at radius 3 is 2.62 bits per heavy atom. The van der Waals surface area contributed by atoms with Gasteiger partial charge in [-0.25, -0.2) is 0 Å². The van der Waals surface area contributed by atoms with Gasteiger partial charge in [0.2, 0.25) is 0 Å². The Morgan fingerprint density at radius 2 is 1.76 bits per heavy atom. The van der Waals surface area contributed by atoms with Crippen molar-refractivity contribution in [1.82, 2.24) is 29.9 Å². The third kappa shape index (κ3) is 3.99. The molecule has 1 fully saturated rings. The van der Waals surface area contributed by atoms with Crippen molar-refractivity contribution in [3.63, 3.8) is 0 Å². The largest absolute Gasteiger partial charge is 0.372 e. The first-order valence-electron chi connectivity index (χ1n) is 10.2. The molecule has 1 saturated heterocycles. The Kier molecular flexibility index (Phi) is 5.19. The van der Waals surface area contributed by atoms with E-state index < -0.39 is 0 Å². The molecule has 0 aliphatic carbocycles.